The van der Waals surface area contributed by atoms with Crippen molar-refractivity contribution in [3.05, 3.63) is 56.2 Å². The van der Waals surface area contributed by atoms with Gasteiger partial charge in [0.15, 0.2) is 0 Å². The highest BCUT2D eigenvalue weighted by atomic mass is 35.5. The SMILES string of the molecule is O=C(NC[C@H](c1cccs1)N1CCCC1)c1ccc(Cl)c(Cl)c1. The third kappa shape index (κ3) is 4.07. The molecule has 0 spiro atoms. The Labute approximate surface area is 150 Å². The number of carbonyl (C=O) groups is 1. The van der Waals surface area contributed by atoms with Gasteiger partial charge in [0.05, 0.1) is 16.1 Å². The van der Waals surface area contributed by atoms with Crippen LogP contribution in [0.25, 0.3) is 0 Å². The molecule has 0 unspecified atom stereocenters. The Hall–Kier alpha value is -1.07. The van der Waals surface area contributed by atoms with Gasteiger partial charge in [-0.25, -0.2) is 0 Å². The van der Waals surface area contributed by atoms with Crippen LogP contribution in [0.2, 0.25) is 10.0 Å². The van der Waals surface area contributed by atoms with Gasteiger partial charge < -0.3 is 5.32 Å². The molecule has 1 atom stereocenters. The van der Waals surface area contributed by atoms with Crippen molar-refractivity contribution in [3.63, 3.8) is 0 Å². The third-order valence-corrected chi connectivity index (χ3v) is 5.80. The van der Waals surface area contributed by atoms with Gasteiger partial charge in [0, 0.05) is 17.0 Å². The first-order chi connectivity index (χ1) is 11.1. The van der Waals surface area contributed by atoms with Gasteiger partial charge in [0.2, 0.25) is 0 Å². The van der Waals surface area contributed by atoms with E-state index in [-0.39, 0.29) is 11.9 Å². The summed E-state index contributed by atoms with van der Waals surface area (Å²) in [5, 5.41) is 5.97. The number of carbonyl (C=O) groups excluding carboxylic acids is 1. The maximum Gasteiger partial charge on any atom is 0.251 e. The normalized spacial score (nSPS) is 16.4. The molecule has 0 saturated carbocycles. The minimum Gasteiger partial charge on any atom is -0.350 e. The summed E-state index contributed by atoms with van der Waals surface area (Å²) in [6.45, 7) is 2.77. The lowest BCUT2D eigenvalue weighted by Crippen LogP contribution is -2.36. The zero-order chi connectivity index (χ0) is 16.2. The van der Waals surface area contributed by atoms with E-state index < -0.39 is 0 Å². The van der Waals surface area contributed by atoms with E-state index in [4.69, 9.17) is 23.2 Å². The van der Waals surface area contributed by atoms with Gasteiger partial charge in [-0.15, -0.1) is 11.3 Å². The molecular formula is C17H18Cl2N2OS. The van der Waals surface area contributed by atoms with E-state index in [9.17, 15) is 4.79 Å². The Morgan fingerprint density at radius 1 is 1.22 bits per heavy atom. The van der Waals surface area contributed by atoms with Crippen molar-refractivity contribution in [2.75, 3.05) is 19.6 Å². The molecule has 122 valence electrons. The lowest BCUT2D eigenvalue weighted by Gasteiger charge is -2.27. The van der Waals surface area contributed by atoms with Crippen molar-refractivity contribution in [3.8, 4) is 0 Å². The zero-order valence-electron chi connectivity index (χ0n) is 12.6. The lowest BCUT2D eigenvalue weighted by atomic mass is 10.2. The molecule has 0 bridgehead atoms. The number of amides is 1. The summed E-state index contributed by atoms with van der Waals surface area (Å²) in [4.78, 5) is 16.1. The van der Waals surface area contributed by atoms with Crippen molar-refractivity contribution in [1.82, 2.24) is 10.2 Å². The maximum atomic E-state index is 12.4. The molecule has 3 nitrogen and oxygen atoms in total. The number of hydrogen-bond donors (Lipinski definition) is 1. The number of likely N-dealkylation sites (tertiary alicyclic amines) is 1. The fourth-order valence-electron chi connectivity index (χ4n) is 2.87. The van der Waals surface area contributed by atoms with Crippen molar-refractivity contribution >= 4 is 40.4 Å². The molecule has 6 heteroatoms. The topological polar surface area (TPSA) is 32.3 Å². The highest BCUT2D eigenvalue weighted by Crippen LogP contribution is 2.28. The zero-order valence-corrected chi connectivity index (χ0v) is 14.9. The highest BCUT2D eigenvalue weighted by Gasteiger charge is 2.24. The molecule has 0 aliphatic carbocycles. The summed E-state index contributed by atoms with van der Waals surface area (Å²) in [5.74, 6) is -0.121. The lowest BCUT2D eigenvalue weighted by molar-refractivity contribution is 0.0938. The fourth-order valence-corrected chi connectivity index (χ4v) is 4.03. The first kappa shape index (κ1) is 16.8. The van der Waals surface area contributed by atoms with Gasteiger partial charge in [-0.2, -0.15) is 0 Å². The Kier molecular flexibility index (Phi) is 5.59. The summed E-state index contributed by atoms with van der Waals surface area (Å²) in [6.07, 6.45) is 2.45. The van der Waals surface area contributed by atoms with Gasteiger partial charge in [0.1, 0.15) is 0 Å². The number of halogens is 2. The van der Waals surface area contributed by atoms with Crippen LogP contribution < -0.4 is 5.32 Å². The van der Waals surface area contributed by atoms with E-state index in [1.54, 1.807) is 29.5 Å². The monoisotopic (exact) mass is 368 g/mol. The minimum absolute atomic E-state index is 0.121. The van der Waals surface area contributed by atoms with E-state index >= 15 is 0 Å². The average Bonchev–Trinajstić information content (AvgIpc) is 3.24. The van der Waals surface area contributed by atoms with E-state index in [1.807, 2.05) is 0 Å². The molecule has 23 heavy (non-hydrogen) atoms. The third-order valence-electron chi connectivity index (χ3n) is 4.09. The summed E-state index contributed by atoms with van der Waals surface area (Å²) < 4.78 is 0. The number of nitrogens with zero attached hydrogens (tertiary/aromatic N) is 1. The number of nitrogens with one attached hydrogen (secondary N) is 1. The quantitative estimate of drug-likeness (QED) is 0.834. The minimum atomic E-state index is -0.121. The molecule has 1 aliphatic rings. The van der Waals surface area contributed by atoms with Crippen molar-refractivity contribution < 1.29 is 4.79 Å². The van der Waals surface area contributed by atoms with E-state index in [0.29, 0.717) is 22.2 Å². The van der Waals surface area contributed by atoms with Gasteiger partial charge in [-0.3, -0.25) is 9.69 Å². The summed E-state index contributed by atoms with van der Waals surface area (Å²) >= 11 is 13.6. The molecule has 2 heterocycles. The van der Waals surface area contributed by atoms with Crippen LogP contribution in [0.4, 0.5) is 0 Å². The second-order valence-corrected chi connectivity index (χ2v) is 7.41. The number of hydrogen-bond acceptors (Lipinski definition) is 3. The average molecular weight is 369 g/mol. The smallest absolute Gasteiger partial charge is 0.251 e. The van der Waals surface area contributed by atoms with Crippen LogP contribution in [0.15, 0.2) is 35.7 Å². The van der Waals surface area contributed by atoms with Gasteiger partial charge in [-0.05, 0) is 55.6 Å². The molecule has 3 rings (SSSR count). The molecule has 1 aromatic heterocycles. The maximum absolute atomic E-state index is 12.4. The molecular weight excluding hydrogens is 351 g/mol. The second-order valence-electron chi connectivity index (χ2n) is 5.61. The van der Waals surface area contributed by atoms with Crippen LogP contribution in [0, 0.1) is 0 Å². The van der Waals surface area contributed by atoms with Gasteiger partial charge in [-0.1, -0.05) is 29.3 Å². The van der Waals surface area contributed by atoms with Crippen molar-refractivity contribution in [1.29, 1.82) is 0 Å². The molecule has 1 amide bonds. The largest absolute Gasteiger partial charge is 0.350 e. The number of rotatable bonds is 5. The fraction of sp³-hybridized carbons (Fsp3) is 0.353. The highest BCUT2D eigenvalue weighted by molar-refractivity contribution is 7.10. The van der Waals surface area contributed by atoms with Crippen LogP contribution in [0.3, 0.4) is 0 Å². The molecule has 1 N–H and O–H groups in total. The molecule has 1 aromatic carbocycles. The first-order valence-electron chi connectivity index (χ1n) is 7.66. The first-order valence-corrected chi connectivity index (χ1v) is 9.29. The standard InChI is InChI=1S/C17H18Cl2N2OS/c18-13-6-5-12(10-14(13)19)17(22)20-11-15(16-4-3-9-23-16)21-7-1-2-8-21/h3-6,9-10,15H,1-2,7-8,11H2,(H,20,22)/t15-/m1/s1. The number of benzene rings is 1. The Balaban J connectivity index is 1.68. The van der Waals surface area contributed by atoms with Crippen LogP contribution in [-0.4, -0.2) is 30.4 Å². The van der Waals surface area contributed by atoms with E-state index in [1.165, 1.54) is 17.7 Å². The Morgan fingerprint density at radius 2 is 2.00 bits per heavy atom. The van der Waals surface area contributed by atoms with E-state index in [0.717, 1.165) is 13.1 Å². The van der Waals surface area contributed by atoms with Crippen LogP contribution in [0.5, 0.6) is 0 Å². The molecule has 0 radical (unpaired) electrons. The van der Waals surface area contributed by atoms with Crippen LogP contribution >= 0.6 is 34.5 Å². The second kappa shape index (κ2) is 7.67. The summed E-state index contributed by atoms with van der Waals surface area (Å²) in [6, 6.07) is 9.39. The Morgan fingerprint density at radius 3 is 2.65 bits per heavy atom. The molecule has 1 saturated heterocycles. The van der Waals surface area contributed by atoms with Crippen molar-refractivity contribution in [2.45, 2.75) is 18.9 Å². The predicted octanol–water partition coefficient (Wildman–Crippen LogP) is 4.62. The van der Waals surface area contributed by atoms with Crippen LogP contribution in [0.1, 0.15) is 34.1 Å². The van der Waals surface area contributed by atoms with Gasteiger partial charge >= 0.3 is 0 Å². The number of thiophene rings is 1. The summed E-state index contributed by atoms with van der Waals surface area (Å²) in [5.41, 5.74) is 0.533. The van der Waals surface area contributed by atoms with Gasteiger partial charge in [0.25, 0.3) is 5.91 Å². The molecule has 1 fully saturated rings. The molecule has 1 aliphatic heterocycles. The molecule has 2 aromatic rings. The van der Waals surface area contributed by atoms with E-state index in [2.05, 4.69) is 27.7 Å². The van der Waals surface area contributed by atoms with Crippen LogP contribution in [-0.2, 0) is 0 Å². The van der Waals surface area contributed by atoms with Crippen molar-refractivity contribution in [2.24, 2.45) is 0 Å². The Bertz CT molecular complexity index is 669. The summed E-state index contributed by atoms with van der Waals surface area (Å²) in [7, 11) is 0. The predicted molar refractivity (Wildman–Crippen MR) is 96.7 cm³/mol.